The van der Waals surface area contributed by atoms with E-state index in [1.807, 2.05) is 17.7 Å². The lowest BCUT2D eigenvalue weighted by Gasteiger charge is -2.20. The minimum Gasteiger partial charge on any atom is -0.322 e. The van der Waals surface area contributed by atoms with E-state index in [0.29, 0.717) is 22.7 Å². The third-order valence-electron chi connectivity index (χ3n) is 5.72. The number of nitrogens with zero attached hydrogens (tertiary/aromatic N) is 3. The van der Waals surface area contributed by atoms with E-state index in [9.17, 15) is 13.2 Å². The molecule has 1 aliphatic rings. The van der Waals surface area contributed by atoms with Gasteiger partial charge in [0.2, 0.25) is 10.0 Å². The van der Waals surface area contributed by atoms with E-state index in [1.165, 1.54) is 6.08 Å². The highest BCUT2D eigenvalue weighted by Gasteiger charge is 2.30. The highest BCUT2D eigenvalue weighted by atomic mass is 32.2. The van der Waals surface area contributed by atoms with Crippen molar-refractivity contribution in [1.82, 2.24) is 19.5 Å². The molecule has 1 saturated carbocycles. The van der Waals surface area contributed by atoms with Crippen molar-refractivity contribution in [2.45, 2.75) is 57.7 Å². The second kappa shape index (κ2) is 8.96. The molecule has 8 nitrogen and oxygen atoms in total. The van der Waals surface area contributed by atoms with E-state index in [0.717, 1.165) is 35.3 Å². The van der Waals surface area contributed by atoms with Gasteiger partial charge in [0.05, 0.1) is 27.9 Å². The molecular formula is C25H31N5O3S. The maximum atomic E-state index is 13.4. The van der Waals surface area contributed by atoms with Crippen LogP contribution in [0.4, 0.5) is 5.69 Å². The van der Waals surface area contributed by atoms with E-state index < -0.39 is 10.0 Å². The Morgan fingerprint density at radius 3 is 2.50 bits per heavy atom. The van der Waals surface area contributed by atoms with Crippen molar-refractivity contribution in [3.8, 4) is 0 Å². The Hall–Kier alpha value is -3.04. The lowest BCUT2D eigenvalue weighted by atomic mass is 10.1. The largest absolute Gasteiger partial charge is 0.322 e. The van der Waals surface area contributed by atoms with E-state index in [1.54, 1.807) is 24.3 Å². The highest BCUT2D eigenvalue weighted by molar-refractivity contribution is 7.88. The molecule has 0 atom stereocenters. The molecule has 0 bridgehead atoms. The number of amides is 1. The molecule has 3 aromatic rings. The van der Waals surface area contributed by atoms with Crippen LogP contribution < -0.4 is 10.0 Å². The maximum absolute atomic E-state index is 13.4. The number of hydrogen-bond acceptors (Lipinski definition) is 5. The van der Waals surface area contributed by atoms with Gasteiger partial charge in [-0.2, -0.15) is 5.10 Å². The fourth-order valence-corrected chi connectivity index (χ4v) is 4.99. The third-order valence-corrected chi connectivity index (χ3v) is 7.04. The van der Waals surface area contributed by atoms with E-state index in [-0.39, 0.29) is 23.7 Å². The number of carbonyl (C=O) groups excluding carboxylic acids is 1. The van der Waals surface area contributed by atoms with E-state index in [2.05, 4.69) is 37.4 Å². The predicted octanol–water partition coefficient (Wildman–Crippen LogP) is 4.23. The number of nitrogens with one attached hydrogen (secondary N) is 2. The molecule has 0 unspecified atom stereocenters. The number of pyridine rings is 1. The van der Waals surface area contributed by atoms with Crippen LogP contribution in [-0.2, 0) is 21.3 Å². The fraction of sp³-hybridized carbons (Fsp3) is 0.400. The van der Waals surface area contributed by atoms with Gasteiger partial charge in [0.25, 0.3) is 5.91 Å². The van der Waals surface area contributed by atoms with Crippen LogP contribution in [0, 0.1) is 6.92 Å². The average molecular weight is 482 g/mol. The molecule has 1 aliphatic carbocycles. The normalized spacial score (nSPS) is 14.4. The summed E-state index contributed by atoms with van der Waals surface area (Å²) in [7, 11) is -3.45. The van der Waals surface area contributed by atoms with Crippen molar-refractivity contribution in [3.63, 3.8) is 0 Å². The average Bonchev–Trinajstić information content (AvgIpc) is 3.55. The monoisotopic (exact) mass is 481 g/mol. The zero-order valence-corrected chi connectivity index (χ0v) is 20.9. The minimum absolute atomic E-state index is 0.143. The molecule has 0 aliphatic heterocycles. The zero-order valence-electron chi connectivity index (χ0n) is 20.1. The van der Waals surface area contributed by atoms with Gasteiger partial charge in [0.15, 0.2) is 5.65 Å². The Balaban J connectivity index is 1.62. The second-order valence-corrected chi connectivity index (χ2v) is 11.6. The van der Waals surface area contributed by atoms with Crippen molar-refractivity contribution >= 4 is 32.7 Å². The molecule has 0 spiro atoms. The van der Waals surface area contributed by atoms with Crippen molar-refractivity contribution < 1.29 is 13.2 Å². The Bertz CT molecular complexity index is 1350. The standard InChI is InChI=1S/C25H31N5O3S/c1-6-13-26-34(32,33)15-17-7-11-19(12-8-17)27-24(31)20-14-21(18-9-10-18)28-23-22(20)16(2)29-30(23)25(3,4)5/h6-8,11-12,14,18,26H,1,9-10,13,15H2,2-5H3,(H,27,31). The molecule has 180 valence electrons. The first kappa shape index (κ1) is 24.1. The number of aromatic nitrogens is 3. The summed E-state index contributed by atoms with van der Waals surface area (Å²) in [5.74, 6) is 0.00470. The Morgan fingerprint density at radius 1 is 1.24 bits per heavy atom. The molecule has 9 heteroatoms. The maximum Gasteiger partial charge on any atom is 0.256 e. The van der Waals surface area contributed by atoms with Gasteiger partial charge in [-0.25, -0.2) is 22.8 Å². The zero-order chi connectivity index (χ0) is 24.7. The van der Waals surface area contributed by atoms with Crippen LogP contribution >= 0.6 is 0 Å². The van der Waals surface area contributed by atoms with Crippen LogP contribution in [0.3, 0.4) is 0 Å². The number of hydrogen-bond donors (Lipinski definition) is 2. The van der Waals surface area contributed by atoms with Crippen LogP contribution in [0.2, 0.25) is 0 Å². The number of rotatable bonds is 8. The van der Waals surface area contributed by atoms with Gasteiger partial charge in [0, 0.05) is 23.8 Å². The van der Waals surface area contributed by atoms with Crippen LogP contribution in [0.5, 0.6) is 0 Å². The molecule has 2 N–H and O–H groups in total. The van der Waals surface area contributed by atoms with Crippen molar-refractivity contribution in [3.05, 3.63) is 65.5 Å². The molecular weight excluding hydrogens is 450 g/mol. The van der Waals surface area contributed by atoms with Crippen LogP contribution in [-0.4, -0.2) is 35.6 Å². The predicted molar refractivity (Wildman–Crippen MR) is 134 cm³/mol. The minimum atomic E-state index is -3.45. The summed E-state index contributed by atoms with van der Waals surface area (Å²) in [5.41, 5.74) is 3.91. The van der Waals surface area contributed by atoms with Crippen molar-refractivity contribution in [1.29, 1.82) is 0 Å². The summed E-state index contributed by atoms with van der Waals surface area (Å²) in [6, 6.07) is 8.71. The molecule has 2 aromatic heterocycles. The number of fused-ring (bicyclic) bond motifs is 1. The summed E-state index contributed by atoms with van der Waals surface area (Å²) in [5, 5.41) is 8.42. The Morgan fingerprint density at radius 2 is 1.91 bits per heavy atom. The second-order valence-electron chi connectivity index (χ2n) is 9.78. The van der Waals surface area contributed by atoms with Crippen molar-refractivity contribution in [2.75, 3.05) is 11.9 Å². The number of anilines is 1. The van der Waals surface area contributed by atoms with Gasteiger partial charge in [-0.15, -0.1) is 6.58 Å². The fourth-order valence-electron chi connectivity index (χ4n) is 3.88. The Kier molecular flexibility index (Phi) is 6.35. The van der Waals surface area contributed by atoms with Crippen molar-refractivity contribution in [2.24, 2.45) is 0 Å². The lowest BCUT2D eigenvalue weighted by molar-refractivity contribution is 0.102. The molecule has 0 radical (unpaired) electrons. The van der Waals surface area contributed by atoms with Crippen LogP contribution in [0.1, 0.15) is 66.8 Å². The molecule has 2 heterocycles. The molecule has 0 saturated heterocycles. The molecule has 4 rings (SSSR count). The molecule has 34 heavy (non-hydrogen) atoms. The first-order chi connectivity index (χ1) is 16.0. The summed E-state index contributed by atoms with van der Waals surface area (Å²) in [4.78, 5) is 18.3. The first-order valence-corrected chi connectivity index (χ1v) is 13.0. The number of sulfonamides is 1. The van der Waals surface area contributed by atoms with E-state index in [4.69, 9.17) is 10.1 Å². The molecule has 1 amide bonds. The smallest absolute Gasteiger partial charge is 0.256 e. The van der Waals surface area contributed by atoms with Crippen LogP contribution in [0.25, 0.3) is 11.0 Å². The third kappa shape index (κ3) is 5.20. The summed E-state index contributed by atoms with van der Waals surface area (Å²) >= 11 is 0. The summed E-state index contributed by atoms with van der Waals surface area (Å²) in [6.07, 6.45) is 3.65. The van der Waals surface area contributed by atoms with Gasteiger partial charge >= 0.3 is 0 Å². The number of aryl methyl sites for hydroxylation is 1. The van der Waals surface area contributed by atoms with Gasteiger partial charge in [-0.1, -0.05) is 18.2 Å². The molecule has 1 fully saturated rings. The molecule has 1 aromatic carbocycles. The van der Waals surface area contributed by atoms with Gasteiger partial charge in [-0.05, 0) is 64.3 Å². The first-order valence-electron chi connectivity index (χ1n) is 11.4. The van der Waals surface area contributed by atoms with Gasteiger partial charge in [0.1, 0.15) is 0 Å². The van der Waals surface area contributed by atoms with Gasteiger partial charge in [-0.3, -0.25) is 4.79 Å². The SMILES string of the molecule is C=CCNS(=O)(=O)Cc1ccc(NC(=O)c2cc(C3CC3)nc3c2c(C)nn3C(C)(C)C)cc1. The summed E-state index contributed by atoms with van der Waals surface area (Å²) in [6.45, 7) is 11.8. The summed E-state index contributed by atoms with van der Waals surface area (Å²) < 4.78 is 28.5. The number of carbonyl (C=O) groups is 1. The van der Waals surface area contributed by atoms with Gasteiger partial charge < -0.3 is 5.32 Å². The van der Waals surface area contributed by atoms with E-state index >= 15 is 0 Å². The highest BCUT2D eigenvalue weighted by Crippen LogP contribution is 2.41. The topological polar surface area (TPSA) is 106 Å². The quantitative estimate of drug-likeness (QED) is 0.469. The number of benzene rings is 1. The lowest BCUT2D eigenvalue weighted by Crippen LogP contribution is -2.25. The Labute approximate surface area is 200 Å². The van der Waals surface area contributed by atoms with Crippen LogP contribution in [0.15, 0.2) is 43.0 Å².